The molecule has 3 N–H and O–H groups in total. The van der Waals surface area contributed by atoms with E-state index >= 15 is 0 Å². The number of nitrogens with one attached hydrogen (secondary N) is 1. The Hall–Kier alpha value is -2.08. The summed E-state index contributed by atoms with van der Waals surface area (Å²) in [6.45, 7) is 1.86. The first-order valence-electron chi connectivity index (χ1n) is 5.90. The van der Waals surface area contributed by atoms with Crippen molar-refractivity contribution >= 4 is 11.8 Å². The highest BCUT2D eigenvalue weighted by molar-refractivity contribution is 6.34. The van der Waals surface area contributed by atoms with Gasteiger partial charge in [-0.1, -0.05) is 18.2 Å². The second kappa shape index (κ2) is 6.75. The Balaban J connectivity index is 2.76. The zero-order valence-corrected chi connectivity index (χ0v) is 11.3. The van der Waals surface area contributed by atoms with Gasteiger partial charge in [-0.05, 0) is 25.0 Å². The van der Waals surface area contributed by atoms with Gasteiger partial charge in [0.05, 0.1) is 7.11 Å². The zero-order chi connectivity index (χ0) is 14.4. The summed E-state index contributed by atoms with van der Waals surface area (Å²) in [5.41, 5.74) is 2.81. The van der Waals surface area contributed by atoms with Gasteiger partial charge in [0.25, 0.3) is 0 Å². The first-order valence-corrected chi connectivity index (χ1v) is 5.90. The fraction of sp³-hybridized carbons (Fsp3) is 0.385. The Morgan fingerprint density at radius 2 is 2.05 bits per heavy atom. The van der Waals surface area contributed by atoms with E-state index in [4.69, 9.17) is 10.6 Å². The lowest BCUT2D eigenvalue weighted by Gasteiger charge is -2.24. The lowest BCUT2D eigenvalue weighted by atomic mass is 10.1. The molecule has 6 heteroatoms. The highest BCUT2D eigenvalue weighted by Crippen LogP contribution is 2.20. The van der Waals surface area contributed by atoms with Crippen molar-refractivity contribution in [1.29, 1.82) is 0 Å². The number of benzene rings is 1. The predicted octanol–water partition coefficient (Wildman–Crippen LogP) is 0.0745. The number of amides is 2. The minimum absolute atomic E-state index is 0.152. The van der Waals surface area contributed by atoms with Crippen LogP contribution in [0.15, 0.2) is 24.3 Å². The van der Waals surface area contributed by atoms with E-state index < -0.39 is 11.8 Å². The van der Waals surface area contributed by atoms with Crippen LogP contribution in [0.3, 0.4) is 0 Å². The maximum atomic E-state index is 11.7. The molecule has 1 aromatic carbocycles. The predicted molar refractivity (Wildman–Crippen MR) is 71.3 cm³/mol. The Bertz CT molecular complexity index is 462. The Kier molecular flexibility index (Phi) is 5.32. The molecule has 0 saturated carbocycles. The van der Waals surface area contributed by atoms with Crippen LogP contribution in [0.2, 0.25) is 0 Å². The van der Waals surface area contributed by atoms with Crippen LogP contribution in [0.1, 0.15) is 12.5 Å². The maximum Gasteiger partial charge on any atom is 0.323 e. The topological polar surface area (TPSA) is 84.7 Å². The first kappa shape index (κ1) is 15.0. The average molecular weight is 265 g/mol. The number of para-hydroxylation sites is 1. The van der Waals surface area contributed by atoms with E-state index in [9.17, 15) is 9.59 Å². The molecule has 0 bridgehead atoms. The summed E-state index contributed by atoms with van der Waals surface area (Å²) in [6.07, 6.45) is 0.587. The smallest absolute Gasteiger partial charge is 0.323 e. The molecular weight excluding hydrogens is 246 g/mol. The summed E-state index contributed by atoms with van der Waals surface area (Å²) in [4.78, 5) is 24.2. The van der Waals surface area contributed by atoms with Crippen molar-refractivity contribution in [2.75, 3.05) is 14.2 Å². The van der Waals surface area contributed by atoms with Gasteiger partial charge in [0.2, 0.25) is 0 Å². The standard InChI is InChI=1S/C13H19N3O3/c1-9(16(2)13(18)12(17)15-14)8-10-6-4-5-7-11(10)19-3/h4-7,9H,8,14H2,1-3H3,(H,15,17). The van der Waals surface area contributed by atoms with Crippen LogP contribution in [0.4, 0.5) is 0 Å². The Labute approximate surface area is 112 Å². The second-order valence-electron chi connectivity index (χ2n) is 4.25. The minimum Gasteiger partial charge on any atom is -0.496 e. The molecule has 19 heavy (non-hydrogen) atoms. The van der Waals surface area contributed by atoms with Gasteiger partial charge in [0.1, 0.15) is 5.75 Å². The monoisotopic (exact) mass is 265 g/mol. The van der Waals surface area contributed by atoms with E-state index in [0.29, 0.717) is 6.42 Å². The molecule has 0 spiro atoms. The van der Waals surface area contributed by atoms with Gasteiger partial charge in [-0.3, -0.25) is 15.0 Å². The molecule has 1 unspecified atom stereocenters. The fourth-order valence-electron chi connectivity index (χ4n) is 1.75. The molecule has 1 atom stereocenters. The number of nitrogens with two attached hydrogens (primary N) is 1. The lowest BCUT2D eigenvalue weighted by Crippen LogP contribution is -2.47. The molecule has 6 nitrogen and oxygen atoms in total. The Morgan fingerprint density at radius 3 is 2.63 bits per heavy atom. The molecule has 0 aliphatic heterocycles. The minimum atomic E-state index is -0.825. The molecule has 104 valence electrons. The third-order valence-electron chi connectivity index (χ3n) is 3.01. The van der Waals surface area contributed by atoms with Crippen LogP contribution in [0.25, 0.3) is 0 Å². The number of nitrogens with zero attached hydrogens (tertiary/aromatic N) is 1. The van der Waals surface area contributed by atoms with E-state index in [1.807, 2.05) is 36.6 Å². The number of likely N-dealkylation sites (N-methyl/N-ethyl adjacent to an activating group) is 1. The molecule has 0 heterocycles. The number of hydrogen-bond acceptors (Lipinski definition) is 4. The quantitative estimate of drug-likeness (QED) is 0.349. The number of hydrogen-bond donors (Lipinski definition) is 2. The third-order valence-corrected chi connectivity index (χ3v) is 3.01. The summed E-state index contributed by atoms with van der Waals surface area (Å²) < 4.78 is 5.25. The highest BCUT2D eigenvalue weighted by Gasteiger charge is 2.22. The van der Waals surface area contributed by atoms with Crippen molar-refractivity contribution in [3.8, 4) is 5.75 Å². The molecule has 1 rings (SSSR count). The molecule has 0 fully saturated rings. The maximum absolute atomic E-state index is 11.7. The molecule has 1 aromatic rings. The number of methoxy groups -OCH3 is 1. The van der Waals surface area contributed by atoms with Crippen LogP contribution in [-0.4, -0.2) is 36.9 Å². The van der Waals surface area contributed by atoms with E-state index in [-0.39, 0.29) is 6.04 Å². The van der Waals surface area contributed by atoms with Crippen LogP contribution < -0.4 is 16.0 Å². The number of carbonyl (C=O) groups excluding carboxylic acids is 2. The van der Waals surface area contributed by atoms with Gasteiger partial charge in [-0.15, -0.1) is 0 Å². The van der Waals surface area contributed by atoms with E-state index in [1.54, 1.807) is 14.2 Å². The summed E-state index contributed by atoms with van der Waals surface area (Å²) >= 11 is 0. The summed E-state index contributed by atoms with van der Waals surface area (Å²) in [5.74, 6) is 4.22. The fourth-order valence-corrected chi connectivity index (χ4v) is 1.75. The number of rotatable bonds is 4. The SMILES string of the molecule is COc1ccccc1CC(C)N(C)C(=O)C(=O)NN. The molecule has 0 saturated heterocycles. The number of hydrazine groups is 1. The zero-order valence-electron chi connectivity index (χ0n) is 11.3. The third kappa shape index (κ3) is 3.69. The highest BCUT2D eigenvalue weighted by atomic mass is 16.5. The largest absolute Gasteiger partial charge is 0.496 e. The average Bonchev–Trinajstić information content (AvgIpc) is 2.45. The number of ether oxygens (including phenoxy) is 1. The van der Waals surface area contributed by atoms with Crippen LogP contribution >= 0.6 is 0 Å². The molecule has 0 aromatic heterocycles. The summed E-state index contributed by atoms with van der Waals surface area (Å²) in [7, 11) is 3.16. The van der Waals surface area contributed by atoms with E-state index in [2.05, 4.69) is 0 Å². The normalized spacial score (nSPS) is 11.6. The van der Waals surface area contributed by atoms with Crippen molar-refractivity contribution in [2.24, 2.45) is 5.84 Å². The van der Waals surface area contributed by atoms with Gasteiger partial charge < -0.3 is 9.64 Å². The molecule has 0 aliphatic carbocycles. The van der Waals surface area contributed by atoms with Crippen LogP contribution in [0.5, 0.6) is 5.75 Å². The van der Waals surface area contributed by atoms with Crippen molar-refractivity contribution in [1.82, 2.24) is 10.3 Å². The van der Waals surface area contributed by atoms with Crippen molar-refractivity contribution in [2.45, 2.75) is 19.4 Å². The van der Waals surface area contributed by atoms with Crippen molar-refractivity contribution in [3.05, 3.63) is 29.8 Å². The van der Waals surface area contributed by atoms with Gasteiger partial charge >= 0.3 is 11.8 Å². The Morgan fingerprint density at radius 1 is 1.42 bits per heavy atom. The lowest BCUT2D eigenvalue weighted by molar-refractivity contribution is -0.146. The molecular formula is C13H19N3O3. The number of carbonyl (C=O) groups is 2. The molecule has 0 aliphatic rings. The van der Waals surface area contributed by atoms with Gasteiger partial charge in [-0.2, -0.15) is 0 Å². The second-order valence-corrected chi connectivity index (χ2v) is 4.25. The van der Waals surface area contributed by atoms with Crippen molar-refractivity contribution < 1.29 is 14.3 Å². The van der Waals surface area contributed by atoms with Crippen LogP contribution in [-0.2, 0) is 16.0 Å². The molecule has 2 amide bonds. The van der Waals surface area contributed by atoms with Gasteiger partial charge in [0.15, 0.2) is 0 Å². The van der Waals surface area contributed by atoms with E-state index in [0.717, 1.165) is 11.3 Å². The van der Waals surface area contributed by atoms with Crippen LogP contribution in [0, 0.1) is 0 Å². The van der Waals surface area contributed by atoms with Gasteiger partial charge in [0, 0.05) is 13.1 Å². The summed E-state index contributed by atoms with van der Waals surface area (Å²) in [6, 6.07) is 7.41. The first-order chi connectivity index (χ1) is 9.01. The van der Waals surface area contributed by atoms with Gasteiger partial charge in [-0.25, -0.2) is 5.84 Å². The molecule has 0 radical (unpaired) electrons. The van der Waals surface area contributed by atoms with E-state index in [1.165, 1.54) is 4.90 Å². The van der Waals surface area contributed by atoms with Crippen molar-refractivity contribution in [3.63, 3.8) is 0 Å². The summed E-state index contributed by atoms with van der Waals surface area (Å²) in [5, 5.41) is 0.